The Bertz CT molecular complexity index is 470. The lowest BCUT2D eigenvalue weighted by molar-refractivity contribution is 0.0402. The van der Waals surface area contributed by atoms with Crippen molar-refractivity contribution in [2.75, 3.05) is 6.61 Å². The Morgan fingerprint density at radius 2 is 2.14 bits per heavy atom. The summed E-state index contributed by atoms with van der Waals surface area (Å²) in [5.74, 6) is 1.01. The minimum absolute atomic E-state index is 0.103. The van der Waals surface area contributed by atoms with Crippen LogP contribution in [-0.4, -0.2) is 6.61 Å². The van der Waals surface area contributed by atoms with E-state index >= 15 is 0 Å². The number of fused-ring (bicyclic) bond motifs is 3. The van der Waals surface area contributed by atoms with Gasteiger partial charge in [0.1, 0.15) is 17.4 Å². The maximum absolute atomic E-state index is 5.78. The van der Waals surface area contributed by atoms with E-state index in [1.807, 2.05) is 19.1 Å². The van der Waals surface area contributed by atoms with Crippen LogP contribution in [0.4, 0.5) is 0 Å². The van der Waals surface area contributed by atoms with Gasteiger partial charge in [-0.2, -0.15) is 0 Å². The Morgan fingerprint density at radius 3 is 3.07 bits per heavy atom. The average molecular weight is 188 g/mol. The number of furan rings is 1. The highest BCUT2D eigenvalue weighted by Crippen LogP contribution is 2.34. The molecule has 14 heavy (non-hydrogen) atoms. The lowest BCUT2D eigenvalue weighted by Gasteiger charge is -2.17. The summed E-state index contributed by atoms with van der Waals surface area (Å²) in [7, 11) is 0. The summed E-state index contributed by atoms with van der Waals surface area (Å²) in [5, 5.41) is 1.25. The summed E-state index contributed by atoms with van der Waals surface area (Å²) in [4.78, 5) is 0. The van der Waals surface area contributed by atoms with Crippen LogP contribution in [0, 0.1) is 0 Å². The number of hydrogen-bond donors (Lipinski definition) is 0. The molecule has 1 aromatic carbocycles. The second kappa shape index (κ2) is 2.85. The molecule has 1 atom stereocenters. The Balaban J connectivity index is 2.32. The summed E-state index contributed by atoms with van der Waals surface area (Å²) in [6.07, 6.45) is 1.07. The van der Waals surface area contributed by atoms with Crippen molar-refractivity contribution >= 4 is 11.0 Å². The molecule has 1 aliphatic rings. The monoisotopic (exact) mass is 188 g/mol. The van der Waals surface area contributed by atoms with Gasteiger partial charge in [0.2, 0.25) is 0 Å². The predicted octanol–water partition coefficient (Wildman–Crippen LogP) is 3.07. The van der Waals surface area contributed by atoms with Crippen molar-refractivity contribution in [2.45, 2.75) is 19.4 Å². The van der Waals surface area contributed by atoms with Crippen molar-refractivity contribution in [3.8, 4) is 0 Å². The minimum Gasteiger partial charge on any atom is -0.458 e. The van der Waals surface area contributed by atoms with Gasteiger partial charge in [-0.05, 0) is 19.4 Å². The van der Waals surface area contributed by atoms with Gasteiger partial charge < -0.3 is 9.15 Å². The van der Waals surface area contributed by atoms with Crippen LogP contribution < -0.4 is 0 Å². The molecule has 0 fully saturated rings. The van der Waals surface area contributed by atoms with Gasteiger partial charge >= 0.3 is 0 Å². The highest BCUT2D eigenvalue weighted by atomic mass is 16.5. The van der Waals surface area contributed by atoms with Crippen molar-refractivity contribution in [1.29, 1.82) is 0 Å². The molecule has 3 rings (SSSR count). The number of ether oxygens (including phenoxy) is 1. The molecular weight excluding hydrogens is 176 g/mol. The van der Waals surface area contributed by atoms with E-state index < -0.39 is 0 Å². The van der Waals surface area contributed by atoms with Crippen molar-refractivity contribution in [3.05, 3.63) is 35.6 Å². The highest BCUT2D eigenvalue weighted by Gasteiger charge is 2.23. The van der Waals surface area contributed by atoms with Crippen molar-refractivity contribution in [1.82, 2.24) is 0 Å². The van der Waals surface area contributed by atoms with E-state index in [-0.39, 0.29) is 6.10 Å². The lowest BCUT2D eigenvalue weighted by atomic mass is 10.0. The third kappa shape index (κ3) is 1.01. The molecule has 0 radical (unpaired) electrons. The summed E-state index contributed by atoms with van der Waals surface area (Å²) < 4.78 is 11.3. The van der Waals surface area contributed by atoms with Gasteiger partial charge in [-0.1, -0.05) is 18.2 Å². The number of para-hydroxylation sites is 1. The Kier molecular flexibility index (Phi) is 1.64. The summed E-state index contributed by atoms with van der Waals surface area (Å²) >= 11 is 0. The fraction of sp³-hybridized carbons (Fsp3) is 0.333. The fourth-order valence-corrected chi connectivity index (χ4v) is 2.12. The van der Waals surface area contributed by atoms with Crippen LogP contribution in [0.2, 0.25) is 0 Å². The van der Waals surface area contributed by atoms with Crippen LogP contribution in [0.1, 0.15) is 24.4 Å². The van der Waals surface area contributed by atoms with Crippen LogP contribution in [0.3, 0.4) is 0 Å². The predicted molar refractivity (Wildman–Crippen MR) is 54.3 cm³/mol. The third-order valence-corrected chi connectivity index (χ3v) is 2.82. The molecule has 2 heterocycles. The molecule has 1 unspecified atom stereocenters. The normalized spacial score (nSPS) is 21.1. The van der Waals surface area contributed by atoms with Gasteiger partial charge in [0, 0.05) is 10.9 Å². The van der Waals surface area contributed by atoms with Gasteiger partial charge in [0.25, 0.3) is 0 Å². The van der Waals surface area contributed by atoms with E-state index in [4.69, 9.17) is 9.15 Å². The van der Waals surface area contributed by atoms with Gasteiger partial charge in [0.05, 0.1) is 6.61 Å². The first-order valence-electron chi connectivity index (χ1n) is 4.98. The standard InChI is InChI=1S/C12H12O2/c1-8-12-10(6-7-13-8)9-4-2-3-5-11(9)14-12/h2-5,8H,6-7H2,1H3. The second-order valence-electron chi connectivity index (χ2n) is 3.70. The molecule has 2 aromatic rings. The maximum atomic E-state index is 5.78. The second-order valence-corrected chi connectivity index (χ2v) is 3.70. The summed E-state index contributed by atoms with van der Waals surface area (Å²) in [5.41, 5.74) is 2.31. The van der Waals surface area contributed by atoms with Crippen molar-refractivity contribution in [3.63, 3.8) is 0 Å². The molecule has 0 aliphatic carbocycles. The zero-order chi connectivity index (χ0) is 9.54. The molecular formula is C12H12O2. The first-order chi connectivity index (χ1) is 6.86. The van der Waals surface area contributed by atoms with Gasteiger partial charge in [-0.25, -0.2) is 0 Å². The maximum Gasteiger partial charge on any atom is 0.137 e. The van der Waals surface area contributed by atoms with E-state index in [9.17, 15) is 0 Å². The summed E-state index contributed by atoms with van der Waals surface area (Å²) in [6.45, 7) is 2.85. The average Bonchev–Trinajstić information content (AvgIpc) is 2.59. The van der Waals surface area contributed by atoms with Crippen LogP contribution in [0.25, 0.3) is 11.0 Å². The van der Waals surface area contributed by atoms with E-state index in [0.717, 1.165) is 24.4 Å². The molecule has 0 bridgehead atoms. The topological polar surface area (TPSA) is 22.4 Å². The molecule has 72 valence electrons. The molecule has 2 nitrogen and oxygen atoms in total. The van der Waals surface area contributed by atoms with Gasteiger partial charge in [-0.3, -0.25) is 0 Å². The van der Waals surface area contributed by atoms with E-state index in [1.54, 1.807) is 0 Å². The Hall–Kier alpha value is -1.28. The number of rotatable bonds is 0. The van der Waals surface area contributed by atoms with E-state index in [2.05, 4.69) is 12.1 Å². The largest absolute Gasteiger partial charge is 0.458 e. The van der Waals surface area contributed by atoms with E-state index in [0.29, 0.717) is 0 Å². The first-order valence-corrected chi connectivity index (χ1v) is 4.98. The zero-order valence-corrected chi connectivity index (χ0v) is 8.12. The number of benzene rings is 1. The molecule has 0 saturated carbocycles. The van der Waals surface area contributed by atoms with Gasteiger partial charge in [-0.15, -0.1) is 0 Å². The fourth-order valence-electron chi connectivity index (χ4n) is 2.12. The lowest BCUT2D eigenvalue weighted by Crippen LogP contribution is -2.11. The van der Waals surface area contributed by atoms with Crippen LogP contribution >= 0.6 is 0 Å². The number of hydrogen-bond acceptors (Lipinski definition) is 2. The van der Waals surface area contributed by atoms with Crippen LogP contribution in [-0.2, 0) is 11.2 Å². The molecule has 0 spiro atoms. The Morgan fingerprint density at radius 1 is 1.29 bits per heavy atom. The third-order valence-electron chi connectivity index (χ3n) is 2.82. The van der Waals surface area contributed by atoms with Crippen LogP contribution in [0.5, 0.6) is 0 Å². The molecule has 0 saturated heterocycles. The van der Waals surface area contributed by atoms with E-state index in [1.165, 1.54) is 10.9 Å². The molecule has 0 N–H and O–H groups in total. The summed E-state index contributed by atoms with van der Waals surface area (Å²) in [6, 6.07) is 8.19. The molecule has 1 aliphatic heterocycles. The molecule has 0 amide bonds. The minimum atomic E-state index is 0.103. The van der Waals surface area contributed by atoms with Crippen molar-refractivity contribution < 1.29 is 9.15 Å². The smallest absolute Gasteiger partial charge is 0.137 e. The molecule has 1 aromatic heterocycles. The zero-order valence-electron chi connectivity index (χ0n) is 8.12. The highest BCUT2D eigenvalue weighted by molar-refractivity contribution is 5.82. The molecule has 2 heteroatoms. The van der Waals surface area contributed by atoms with Crippen molar-refractivity contribution in [2.24, 2.45) is 0 Å². The first kappa shape index (κ1) is 8.06. The van der Waals surface area contributed by atoms with Crippen LogP contribution in [0.15, 0.2) is 28.7 Å². The SMILES string of the molecule is CC1OCCc2c1oc1ccccc21. The van der Waals surface area contributed by atoms with Gasteiger partial charge in [0.15, 0.2) is 0 Å². The Labute approximate surface area is 82.5 Å². The quantitative estimate of drug-likeness (QED) is 0.634.